The number of likely N-dealkylation sites (tertiary alicyclic amines) is 1. The molecule has 0 aromatic rings. The predicted molar refractivity (Wildman–Crippen MR) is 62.7 cm³/mol. The van der Waals surface area contributed by atoms with Crippen molar-refractivity contribution in [3.63, 3.8) is 0 Å². The van der Waals surface area contributed by atoms with Crippen molar-refractivity contribution in [2.75, 3.05) is 13.6 Å². The summed E-state index contributed by atoms with van der Waals surface area (Å²) in [6.45, 7) is 7.51. The minimum absolute atomic E-state index is 0.0465. The Labute approximate surface area is 93.2 Å². The van der Waals surface area contributed by atoms with Gasteiger partial charge in [0.2, 0.25) is 5.91 Å². The van der Waals surface area contributed by atoms with E-state index in [1.165, 1.54) is 0 Å². The van der Waals surface area contributed by atoms with Crippen molar-refractivity contribution in [3.05, 3.63) is 0 Å². The molecule has 1 aliphatic heterocycles. The van der Waals surface area contributed by atoms with E-state index in [0.29, 0.717) is 12.0 Å². The zero-order valence-corrected chi connectivity index (χ0v) is 10.4. The molecule has 0 aromatic carbocycles. The number of hydrogen-bond donors (Lipinski definition) is 1. The highest BCUT2D eigenvalue weighted by Gasteiger charge is 2.31. The van der Waals surface area contributed by atoms with E-state index < -0.39 is 0 Å². The summed E-state index contributed by atoms with van der Waals surface area (Å²) in [5, 5.41) is 3.10. The van der Waals surface area contributed by atoms with Gasteiger partial charge < -0.3 is 10.2 Å². The van der Waals surface area contributed by atoms with Gasteiger partial charge in [-0.2, -0.15) is 0 Å². The third-order valence-electron chi connectivity index (χ3n) is 3.78. The number of likely N-dealkylation sites (N-methyl/N-ethyl adjacent to an activating group) is 1. The van der Waals surface area contributed by atoms with Crippen LogP contribution >= 0.6 is 0 Å². The molecule has 1 amide bonds. The molecule has 3 atom stereocenters. The van der Waals surface area contributed by atoms with Crippen LogP contribution in [0.15, 0.2) is 0 Å². The molecule has 3 unspecified atom stereocenters. The van der Waals surface area contributed by atoms with Gasteiger partial charge in [-0.15, -0.1) is 0 Å². The Morgan fingerprint density at radius 1 is 1.53 bits per heavy atom. The molecule has 0 aliphatic carbocycles. The summed E-state index contributed by atoms with van der Waals surface area (Å²) in [5.74, 6) is 0.876. The molecule has 0 bridgehead atoms. The molecule has 0 aromatic heterocycles. The maximum Gasteiger partial charge on any atom is 0.239 e. The van der Waals surface area contributed by atoms with E-state index in [-0.39, 0.29) is 11.9 Å². The smallest absolute Gasteiger partial charge is 0.239 e. The van der Waals surface area contributed by atoms with E-state index >= 15 is 0 Å². The second kappa shape index (κ2) is 5.50. The summed E-state index contributed by atoms with van der Waals surface area (Å²) >= 11 is 0. The van der Waals surface area contributed by atoms with Crippen LogP contribution in [0.25, 0.3) is 0 Å². The quantitative estimate of drug-likeness (QED) is 0.768. The molecular formula is C12H24N2O. The molecule has 1 N–H and O–H groups in total. The predicted octanol–water partition coefficient (Wildman–Crippen LogP) is 1.63. The van der Waals surface area contributed by atoms with Crippen molar-refractivity contribution in [1.82, 2.24) is 10.2 Å². The lowest BCUT2D eigenvalue weighted by atomic mass is 9.95. The number of nitrogens with one attached hydrogen (secondary N) is 1. The molecule has 1 saturated heterocycles. The Kier molecular flexibility index (Phi) is 4.58. The zero-order chi connectivity index (χ0) is 11.4. The second-order valence-electron chi connectivity index (χ2n) is 4.64. The van der Waals surface area contributed by atoms with Crippen LogP contribution in [0.5, 0.6) is 0 Å². The van der Waals surface area contributed by atoms with Gasteiger partial charge in [0.15, 0.2) is 0 Å². The van der Waals surface area contributed by atoms with Gasteiger partial charge in [-0.3, -0.25) is 4.79 Å². The molecule has 1 rings (SSSR count). The summed E-state index contributed by atoms with van der Waals surface area (Å²) in [4.78, 5) is 14.1. The number of carbonyl (C=O) groups excluding carboxylic acids is 1. The molecule has 88 valence electrons. The Balaban J connectivity index is 2.64. The Morgan fingerprint density at radius 2 is 2.20 bits per heavy atom. The minimum atomic E-state index is 0.0465. The summed E-state index contributed by atoms with van der Waals surface area (Å²) < 4.78 is 0. The van der Waals surface area contributed by atoms with Gasteiger partial charge in [0.25, 0.3) is 0 Å². The van der Waals surface area contributed by atoms with Crippen LogP contribution in [0, 0.1) is 5.92 Å². The first-order valence-electron chi connectivity index (χ1n) is 6.09. The Hall–Kier alpha value is -0.570. The Morgan fingerprint density at radius 3 is 2.73 bits per heavy atom. The number of rotatable bonds is 4. The van der Waals surface area contributed by atoms with Crippen molar-refractivity contribution in [2.45, 2.75) is 52.1 Å². The fourth-order valence-corrected chi connectivity index (χ4v) is 2.22. The molecule has 0 radical (unpaired) electrons. The molecule has 0 spiro atoms. The molecule has 0 saturated carbocycles. The molecular weight excluding hydrogens is 188 g/mol. The summed E-state index contributed by atoms with van der Waals surface area (Å²) in [6.07, 6.45) is 3.24. The SMILES string of the molecule is CCC(C)C(C)N1CCCC(NC)C1=O. The molecule has 15 heavy (non-hydrogen) atoms. The topological polar surface area (TPSA) is 32.3 Å². The van der Waals surface area contributed by atoms with Gasteiger partial charge in [-0.05, 0) is 32.7 Å². The molecule has 3 heteroatoms. The van der Waals surface area contributed by atoms with Gasteiger partial charge in [-0.1, -0.05) is 20.3 Å². The van der Waals surface area contributed by atoms with Gasteiger partial charge in [0, 0.05) is 12.6 Å². The van der Waals surface area contributed by atoms with E-state index in [0.717, 1.165) is 25.8 Å². The third-order valence-corrected chi connectivity index (χ3v) is 3.78. The lowest BCUT2D eigenvalue weighted by Gasteiger charge is -2.38. The minimum Gasteiger partial charge on any atom is -0.338 e. The maximum absolute atomic E-state index is 12.1. The lowest BCUT2D eigenvalue weighted by molar-refractivity contribution is -0.139. The molecule has 1 heterocycles. The van der Waals surface area contributed by atoms with E-state index in [9.17, 15) is 4.79 Å². The highest BCUT2D eigenvalue weighted by molar-refractivity contribution is 5.82. The third kappa shape index (κ3) is 2.71. The average molecular weight is 212 g/mol. The van der Waals surface area contributed by atoms with E-state index in [2.05, 4.69) is 31.0 Å². The van der Waals surface area contributed by atoms with Gasteiger partial charge in [-0.25, -0.2) is 0 Å². The van der Waals surface area contributed by atoms with Crippen molar-refractivity contribution in [2.24, 2.45) is 5.92 Å². The number of hydrogen-bond acceptors (Lipinski definition) is 2. The van der Waals surface area contributed by atoms with E-state index in [4.69, 9.17) is 0 Å². The van der Waals surface area contributed by atoms with Crippen molar-refractivity contribution in [3.8, 4) is 0 Å². The van der Waals surface area contributed by atoms with Crippen LogP contribution in [-0.4, -0.2) is 36.5 Å². The van der Waals surface area contributed by atoms with Crippen LogP contribution in [0.1, 0.15) is 40.0 Å². The van der Waals surface area contributed by atoms with E-state index in [1.54, 1.807) is 0 Å². The van der Waals surface area contributed by atoms with Crippen LogP contribution in [-0.2, 0) is 4.79 Å². The first-order chi connectivity index (χ1) is 7.11. The van der Waals surface area contributed by atoms with Gasteiger partial charge in [0.1, 0.15) is 0 Å². The largest absolute Gasteiger partial charge is 0.338 e. The van der Waals surface area contributed by atoms with Gasteiger partial charge >= 0.3 is 0 Å². The average Bonchev–Trinajstić information content (AvgIpc) is 2.27. The zero-order valence-electron chi connectivity index (χ0n) is 10.4. The lowest BCUT2D eigenvalue weighted by Crippen LogP contribution is -2.54. The fourth-order valence-electron chi connectivity index (χ4n) is 2.22. The number of carbonyl (C=O) groups is 1. The maximum atomic E-state index is 12.1. The van der Waals surface area contributed by atoms with Crippen molar-refractivity contribution < 1.29 is 4.79 Å². The van der Waals surface area contributed by atoms with E-state index in [1.807, 2.05) is 7.05 Å². The highest BCUT2D eigenvalue weighted by Crippen LogP contribution is 2.20. The van der Waals surface area contributed by atoms with Crippen LogP contribution in [0.4, 0.5) is 0 Å². The monoisotopic (exact) mass is 212 g/mol. The number of amides is 1. The van der Waals surface area contributed by atoms with Crippen molar-refractivity contribution in [1.29, 1.82) is 0 Å². The summed E-state index contributed by atoms with van der Waals surface area (Å²) in [5.41, 5.74) is 0. The van der Waals surface area contributed by atoms with Gasteiger partial charge in [0.05, 0.1) is 6.04 Å². The highest BCUT2D eigenvalue weighted by atomic mass is 16.2. The standard InChI is InChI=1S/C12H24N2O/c1-5-9(2)10(3)14-8-6-7-11(13-4)12(14)15/h9-11,13H,5-8H2,1-4H3. The van der Waals surface area contributed by atoms with Crippen molar-refractivity contribution >= 4 is 5.91 Å². The summed E-state index contributed by atoms with van der Waals surface area (Å²) in [6, 6.07) is 0.420. The fraction of sp³-hybridized carbons (Fsp3) is 0.917. The first-order valence-corrected chi connectivity index (χ1v) is 6.09. The Bertz CT molecular complexity index is 218. The van der Waals surface area contributed by atoms with Crippen LogP contribution in [0.3, 0.4) is 0 Å². The number of nitrogens with zero attached hydrogens (tertiary/aromatic N) is 1. The molecule has 1 aliphatic rings. The first kappa shape index (κ1) is 12.5. The molecule has 3 nitrogen and oxygen atoms in total. The second-order valence-corrected chi connectivity index (χ2v) is 4.64. The number of piperidine rings is 1. The van der Waals surface area contributed by atoms with Crippen LogP contribution < -0.4 is 5.32 Å². The molecule has 1 fully saturated rings. The van der Waals surface area contributed by atoms with Crippen LogP contribution in [0.2, 0.25) is 0 Å². The normalized spacial score (nSPS) is 26.5. The summed E-state index contributed by atoms with van der Waals surface area (Å²) in [7, 11) is 1.87.